The van der Waals surface area contributed by atoms with Crippen LogP contribution in [0.4, 0.5) is 11.4 Å². The number of aromatic nitrogens is 1. The minimum absolute atomic E-state index is 0. The summed E-state index contributed by atoms with van der Waals surface area (Å²) in [6.07, 6.45) is 0.0270. The van der Waals surface area contributed by atoms with Crippen LogP contribution >= 0.6 is 24.8 Å². The average Bonchev–Trinajstić information content (AvgIpc) is 2.62. The molecule has 1 atom stereocenters. The minimum atomic E-state index is -2.86. The number of aliphatic hydroxyl groups is 3. The highest BCUT2D eigenvalue weighted by molar-refractivity contribution is 6.11. The first-order chi connectivity index (χ1) is 12.8. The number of halogens is 2. The SMILES string of the molecule is CCC(NCC(O)(O)O)Nc1c2ccccc2nc2cccc([N+](=O)[O-])c12.Cl.Cl. The van der Waals surface area contributed by atoms with Gasteiger partial charge in [0, 0.05) is 11.5 Å². The molecule has 0 aliphatic rings. The van der Waals surface area contributed by atoms with Crippen LogP contribution in [-0.2, 0) is 0 Å². The van der Waals surface area contributed by atoms with Crippen molar-refractivity contribution in [2.45, 2.75) is 25.5 Å². The number of nitrogens with one attached hydrogen (secondary N) is 2. The predicted molar refractivity (Wildman–Crippen MR) is 115 cm³/mol. The normalized spacial score (nSPS) is 12.1. The number of nitro benzene ring substituents is 1. The van der Waals surface area contributed by atoms with E-state index in [4.69, 9.17) is 15.3 Å². The van der Waals surface area contributed by atoms with Gasteiger partial charge in [0.05, 0.1) is 34.4 Å². The highest BCUT2D eigenvalue weighted by atomic mass is 35.5. The number of hydrogen-bond acceptors (Lipinski definition) is 8. The monoisotopic (exact) mass is 444 g/mol. The number of rotatable bonds is 7. The summed E-state index contributed by atoms with van der Waals surface area (Å²) < 4.78 is 0. The third-order valence-electron chi connectivity index (χ3n) is 4.19. The van der Waals surface area contributed by atoms with Gasteiger partial charge in [-0.25, -0.2) is 4.98 Å². The van der Waals surface area contributed by atoms with E-state index >= 15 is 0 Å². The molecule has 2 aromatic carbocycles. The summed E-state index contributed by atoms with van der Waals surface area (Å²) in [6, 6.07) is 12.0. The maximum absolute atomic E-state index is 11.6. The van der Waals surface area contributed by atoms with E-state index in [1.165, 1.54) is 6.07 Å². The average molecular weight is 445 g/mol. The Labute approximate surface area is 178 Å². The molecule has 158 valence electrons. The number of nitrogens with zero attached hydrogens (tertiary/aromatic N) is 2. The quantitative estimate of drug-likeness (QED) is 0.162. The summed E-state index contributed by atoms with van der Waals surface area (Å²) in [5, 5.41) is 45.9. The Balaban J connectivity index is 0.00000210. The molecule has 0 saturated carbocycles. The van der Waals surface area contributed by atoms with Crippen molar-refractivity contribution in [1.82, 2.24) is 10.3 Å². The van der Waals surface area contributed by atoms with Crippen molar-refractivity contribution in [1.29, 1.82) is 0 Å². The number of anilines is 1. The van der Waals surface area contributed by atoms with Gasteiger partial charge in [0.25, 0.3) is 11.7 Å². The van der Waals surface area contributed by atoms with Crippen molar-refractivity contribution in [2.24, 2.45) is 0 Å². The van der Waals surface area contributed by atoms with Crippen molar-refractivity contribution in [3.05, 3.63) is 52.6 Å². The van der Waals surface area contributed by atoms with Crippen molar-refractivity contribution in [3.63, 3.8) is 0 Å². The fourth-order valence-electron chi connectivity index (χ4n) is 2.96. The minimum Gasteiger partial charge on any atom is -0.369 e. The van der Waals surface area contributed by atoms with Crippen LogP contribution in [0.2, 0.25) is 0 Å². The van der Waals surface area contributed by atoms with Crippen LogP contribution in [0.25, 0.3) is 21.8 Å². The molecule has 1 aromatic heterocycles. The molecule has 29 heavy (non-hydrogen) atoms. The third kappa shape index (κ3) is 5.63. The zero-order valence-electron chi connectivity index (χ0n) is 15.4. The molecule has 0 amide bonds. The zero-order chi connectivity index (χ0) is 19.6. The first-order valence-corrected chi connectivity index (χ1v) is 8.43. The number of benzene rings is 2. The molecule has 11 heteroatoms. The Morgan fingerprint density at radius 2 is 1.76 bits per heavy atom. The number of hydrogen-bond donors (Lipinski definition) is 5. The Bertz CT molecular complexity index is 997. The highest BCUT2D eigenvalue weighted by Crippen LogP contribution is 2.36. The van der Waals surface area contributed by atoms with E-state index in [9.17, 15) is 10.1 Å². The lowest BCUT2D eigenvalue weighted by Gasteiger charge is -2.24. The maximum Gasteiger partial charge on any atom is 0.288 e. The summed E-state index contributed by atoms with van der Waals surface area (Å²) in [7, 11) is 0. The van der Waals surface area contributed by atoms with Crippen LogP contribution < -0.4 is 10.6 Å². The molecule has 5 N–H and O–H groups in total. The molecule has 0 radical (unpaired) electrons. The van der Waals surface area contributed by atoms with E-state index in [1.54, 1.807) is 12.1 Å². The van der Waals surface area contributed by atoms with Crippen molar-refractivity contribution in [3.8, 4) is 0 Å². The fraction of sp³-hybridized carbons (Fsp3) is 0.278. The zero-order valence-corrected chi connectivity index (χ0v) is 17.0. The van der Waals surface area contributed by atoms with Crippen LogP contribution in [0.5, 0.6) is 0 Å². The van der Waals surface area contributed by atoms with Gasteiger partial charge in [0.15, 0.2) is 0 Å². The van der Waals surface area contributed by atoms with Gasteiger partial charge in [-0.2, -0.15) is 0 Å². The number of nitro groups is 1. The molecular weight excluding hydrogens is 423 g/mol. The van der Waals surface area contributed by atoms with Crippen molar-refractivity contribution in [2.75, 3.05) is 11.9 Å². The molecule has 0 aliphatic heterocycles. The van der Waals surface area contributed by atoms with Gasteiger partial charge in [-0.1, -0.05) is 31.2 Å². The van der Waals surface area contributed by atoms with Crippen LogP contribution in [0.1, 0.15) is 13.3 Å². The van der Waals surface area contributed by atoms with Crippen LogP contribution in [0.15, 0.2) is 42.5 Å². The van der Waals surface area contributed by atoms with Gasteiger partial charge in [-0.3, -0.25) is 15.4 Å². The molecule has 1 unspecified atom stereocenters. The van der Waals surface area contributed by atoms with Crippen molar-refractivity contribution >= 4 is 58.0 Å². The van der Waals surface area contributed by atoms with Crippen LogP contribution in [0, 0.1) is 10.1 Å². The largest absolute Gasteiger partial charge is 0.369 e. The van der Waals surface area contributed by atoms with Gasteiger partial charge in [-0.05, 0) is 18.6 Å². The summed E-state index contributed by atoms with van der Waals surface area (Å²) >= 11 is 0. The molecule has 9 nitrogen and oxygen atoms in total. The number of para-hydroxylation sites is 1. The Morgan fingerprint density at radius 1 is 1.10 bits per heavy atom. The lowest BCUT2D eigenvalue weighted by molar-refractivity contribution is -0.383. The van der Waals surface area contributed by atoms with E-state index < -0.39 is 23.6 Å². The van der Waals surface area contributed by atoms with E-state index in [0.29, 0.717) is 33.9 Å². The molecule has 1 heterocycles. The molecular formula is C18H22Cl2N4O5. The third-order valence-corrected chi connectivity index (χ3v) is 4.19. The van der Waals surface area contributed by atoms with Gasteiger partial charge in [-0.15, -0.1) is 24.8 Å². The lowest BCUT2D eigenvalue weighted by atomic mass is 10.1. The van der Waals surface area contributed by atoms with E-state index in [1.807, 2.05) is 31.2 Å². The predicted octanol–water partition coefficient (Wildman–Crippen LogP) is 2.51. The molecule has 0 spiro atoms. The van der Waals surface area contributed by atoms with Crippen molar-refractivity contribution < 1.29 is 20.2 Å². The summed E-state index contributed by atoms with van der Waals surface area (Å²) in [5.41, 5.74) is 1.58. The first-order valence-electron chi connectivity index (χ1n) is 8.43. The Morgan fingerprint density at radius 3 is 2.38 bits per heavy atom. The summed E-state index contributed by atoms with van der Waals surface area (Å²) in [5.74, 6) is -2.86. The van der Waals surface area contributed by atoms with Crippen LogP contribution in [0.3, 0.4) is 0 Å². The fourth-order valence-corrected chi connectivity index (χ4v) is 2.96. The van der Waals surface area contributed by atoms with Crippen LogP contribution in [-0.4, -0.2) is 43.9 Å². The number of pyridine rings is 1. The summed E-state index contributed by atoms with van der Waals surface area (Å²) in [6.45, 7) is 1.35. The summed E-state index contributed by atoms with van der Waals surface area (Å²) in [4.78, 5) is 15.6. The standard InChI is InChI=1S/C18H20N4O5.2ClH/c1-2-15(19-10-18(23,24)25)21-17-11-6-3-4-7-12(11)20-13-8-5-9-14(16(13)17)22(26)27;;/h3-9,15,19,23-25H,2,10H2,1H3,(H,20,21);2*1H. The lowest BCUT2D eigenvalue weighted by Crippen LogP contribution is -2.46. The molecule has 0 saturated heterocycles. The van der Waals surface area contributed by atoms with Gasteiger partial charge in [0.1, 0.15) is 5.39 Å². The van der Waals surface area contributed by atoms with Gasteiger partial charge in [0.2, 0.25) is 0 Å². The maximum atomic E-state index is 11.6. The Hall–Kier alpha value is -2.27. The first kappa shape index (κ1) is 24.8. The second-order valence-electron chi connectivity index (χ2n) is 6.19. The van der Waals surface area contributed by atoms with E-state index in [0.717, 1.165) is 0 Å². The molecule has 0 aliphatic carbocycles. The Kier molecular flexibility index (Phi) is 8.51. The van der Waals surface area contributed by atoms with Gasteiger partial charge >= 0.3 is 0 Å². The molecule has 3 rings (SSSR count). The smallest absolute Gasteiger partial charge is 0.288 e. The molecule has 0 bridgehead atoms. The number of fused-ring (bicyclic) bond motifs is 2. The highest BCUT2D eigenvalue weighted by Gasteiger charge is 2.23. The molecule has 0 fully saturated rings. The number of non-ortho nitro benzene ring substituents is 1. The molecule has 3 aromatic rings. The second kappa shape index (κ2) is 9.97. The van der Waals surface area contributed by atoms with E-state index in [-0.39, 0.29) is 30.5 Å². The van der Waals surface area contributed by atoms with Gasteiger partial charge < -0.3 is 20.6 Å². The topological polar surface area (TPSA) is 141 Å². The second-order valence-corrected chi connectivity index (χ2v) is 6.19. The van der Waals surface area contributed by atoms with E-state index in [2.05, 4.69) is 15.6 Å².